The molecule has 0 saturated carbocycles. The highest BCUT2D eigenvalue weighted by Gasteiger charge is 2.05. The number of aliphatic hydroxyl groups excluding tert-OH is 1. The third-order valence-electron chi connectivity index (χ3n) is 3.35. The fourth-order valence-corrected chi connectivity index (χ4v) is 2.96. The van der Waals surface area contributed by atoms with Crippen molar-refractivity contribution in [2.45, 2.75) is 6.54 Å². The first-order chi connectivity index (χ1) is 11.7. The van der Waals surface area contributed by atoms with Crippen LogP contribution in [-0.2, 0) is 11.3 Å². The van der Waals surface area contributed by atoms with Gasteiger partial charge in [-0.2, -0.15) is 0 Å². The van der Waals surface area contributed by atoms with E-state index in [0.717, 1.165) is 22.0 Å². The predicted octanol–water partition coefficient (Wildman–Crippen LogP) is 3.35. The van der Waals surface area contributed by atoms with Crippen LogP contribution < -0.4 is 10.6 Å². The molecule has 5 nitrogen and oxygen atoms in total. The summed E-state index contributed by atoms with van der Waals surface area (Å²) in [5.74, 6) is -0.431. The first kappa shape index (κ1) is 16.2. The molecule has 0 aliphatic rings. The van der Waals surface area contributed by atoms with Gasteiger partial charge in [0.1, 0.15) is 11.6 Å². The fraction of sp³-hybridized carbons (Fsp3) is 0.111. The van der Waals surface area contributed by atoms with Gasteiger partial charge >= 0.3 is 0 Å². The van der Waals surface area contributed by atoms with Crippen LogP contribution in [-0.4, -0.2) is 22.6 Å². The van der Waals surface area contributed by atoms with E-state index in [1.54, 1.807) is 17.4 Å². The van der Waals surface area contributed by atoms with Crippen molar-refractivity contribution >= 4 is 28.6 Å². The minimum absolute atomic E-state index is 0.431. The smallest absolute Gasteiger partial charge is 0.250 e. The third-order valence-corrected chi connectivity index (χ3v) is 4.20. The van der Waals surface area contributed by atoms with Crippen molar-refractivity contribution in [1.29, 1.82) is 0 Å². The summed E-state index contributed by atoms with van der Waals surface area (Å²) in [6.07, 6.45) is 0. The van der Waals surface area contributed by atoms with Crippen molar-refractivity contribution < 1.29 is 9.90 Å². The number of anilines is 2. The number of carbonyl (C=O) groups excluding carboxylic acids is 1. The minimum Gasteiger partial charge on any atom is -0.387 e. The van der Waals surface area contributed by atoms with Gasteiger partial charge in [-0.15, -0.1) is 11.3 Å². The number of benzene rings is 2. The van der Waals surface area contributed by atoms with Crippen LogP contribution in [0.25, 0.3) is 11.3 Å². The SMILES string of the molecule is O=C(CO)Nc1cccc(NCc2nc(-c3ccccc3)cs2)c1. The lowest BCUT2D eigenvalue weighted by Crippen LogP contribution is -2.15. The molecule has 0 atom stereocenters. The Bertz CT molecular complexity index is 818. The summed E-state index contributed by atoms with van der Waals surface area (Å²) in [6.45, 7) is 0.0773. The highest BCUT2D eigenvalue weighted by Crippen LogP contribution is 2.22. The molecule has 0 fully saturated rings. The standard InChI is InChI=1S/C18H17N3O2S/c22-11-17(23)20-15-8-4-7-14(9-15)19-10-18-21-16(12-24-18)13-5-2-1-3-6-13/h1-9,12,19,22H,10-11H2,(H,20,23). The van der Waals surface area contributed by atoms with E-state index in [9.17, 15) is 4.79 Å². The summed E-state index contributed by atoms with van der Waals surface area (Å²) in [5.41, 5.74) is 3.60. The van der Waals surface area contributed by atoms with E-state index in [1.807, 2.05) is 53.9 Å². The summed E-state index contributed by atoms with van der Waals surface area (Å²) in [4.78, 5) is 15.9. The number of rotatable bonds is 6. The maximum atomic E-state index is 11.2. The summed E-state index contributed by atoms with van der Waals surface area (Å²) < 4.78 is 0. The number of carbonyl (C=O) groups is 1. The molecule has 0 saturated heterocycles. The Labute approximate surface area is 144 Å². The van der Waals surface area contributed by atoms with E-state index in [2.05, 4.69) is 15.6 Å². The van der Waals surface area contributed by atoms with E-state index >= 15 is 0 Å². The van der Waals surface area contributed by atoms with E-state index < -0.39 is 12.5 Å². The Hall–Kier alpha value is -2.70. The third kappa shape index (κ3) is 4.18. The van der Waals surface area contributed by atoms with Crippen molar-refractivity contribution in [3.05, 3.63) is 65.0 Å². The van der Waals surface area contributed by atoms with Crippen LogP contribution in [0.3, 0.4) is 0 Å². The topological polar surface area (TPSA) is 74.2 Å². The molecule has 0 aliphatic carbocycles. The van der Waals surface area contributed by atoms with E-state index in [4.69, 9.17) is 5.11 Å². The van der Waals surface area contributed by atoms with Gasteiger partial charge in [0.15, 0.2) is 0 Å². The monoisotopic (exact) mass is 339 g/mol. The minimum atomic E-state index is -0.529. The Morgan fingerprint density at radius 3 is 2.67 bits per heavy atom. The lowest BCUT2D eigenvalue weighted by Gasteiger charge is -2.08. The van der Waals surface area contributed by atoms with Crippen molar-refractivity contribution in [1.82, 2.24) is 4.98 Å². The second-order valence-electron chi connectivity index (χ2n) is 5.13. The molecule has 0 spiro atoms. The van der Waals surface area contributed by atoms with Crippen molar-refractivity contribution in [2.75, 3.05) is 17.2 Å². The fourth-order valence-electron chi connectivity index (χ4n) is 2.22. The lowest BCUT2D eigenvalue weighted by atomic mass is 10.2. The van der Waals surface area contributed by atoms with Crippen LogP contribution in [0.2, 0.25) is 0 Å². The summed E-state index contributed by atoms with van der Waals surface area (Å²) in [6, 6.07) is 17.4. The number of hydrogen-bond acceptors (Lipinski definition) is 5. The quantitative estimate of drug-likeness (QED) is 0.644. The molecular formula is C18H17N3O2S. The molecule has 1 amide bonds. The number of hydrogen-bond donors (Lipinski definition) is 3. The number of thiazole rings is 1. The Morgan fingerprint density at radius 1 is 1.08 bits per heavy atom. The first-order valence-electron chi connectivity index (χ1n) is 7.49. The zero-order valence-corrected chi connectivity index (χ0v) is 13.7. The molecule has 0 unspecified atom stereocenters. The summed E-state index contributed by atoms with van der Waals surface area (Å²) in [7, 11) is 0. The van der Waals surface area contributed by atoms with Gasteiger partial charge in [0, 0.05) is 22.3 Å². The number of aromatic nitrogens is 1. The number of aliphatic hydroxyl groups is 1. The van der Waals surface area contributed by atoms with Gasteiger partial charge in [0.25, 0.3) is 0 Å². The maximum absolute atomic E-state index is 11.2. The highest BCUT2D eigenvalue weighted by atomic mass is 32.1. The van der Waals surface area contributed by atoms with Gasteiger partial charge in [-0.3, -0.25) is 4.79 Å². The van der Waals surface area contributed by atoms with Crippen molar-refractivity contribution in [3.63, 3.8) is 0 Å². The van der Waals surface area contributed by atoms with Crippen LogP contribution in [0.4, 0.5) is 11.4 Å². The molecule has 0 bridgehead atoms. The predicted molar refractivity (Wildman–Crippen MR) is 97.0 cm³/mol. The molecule has 1 aromatic heterocycles. The van der Waals surface area contributed by atoms with Gasteiger partial charge in [-0.25, -0.2) is 4.98 Å². The zero-order valence-electron chi connectivity index (χ0n) is 12.9. The molecule has 3 rings (SSSR count). The number of nitrogens with zero attached hydrogens (tertiary/aromatic N) is 1. The Kier molecular flexibility index (Phi) is 5.20. The summed E-state index contributed by atoms with van der Waals surface area (Å²) in [5, 5.41) is 17.7. The Balaban J connectivity index is 1.63. The molecule has 0 radical (unpaired) electrons. The van der Waals surface area contributed by atoms with Crippen LogP contribution in [0, 0.1) is 0 Å². The van der Waals surface area contributed by atoms with E-state index in [-0.39, 0.29) is 0 Å². The van der Waals surface area contributed by atoms with Crippen molar-refractivity contribution in [3.8, 4) is 11.3 Å². The van der Waals surface area contributed by atoms with Crippen LogP contribution in [0.5, 0.6) is 0 Å². The molecule has 2 aromatic carbocycles. The van der Waals surface area contributed by atoms with Crippen LogP contribution in [0.15, 0.2) is 60.0 Å². The second-order valence-corrected chi connectivity index (χ2v) is 6.08. The molecule has 6 heteroatoms. The van der Waals surface area contributed by atoms with Crippen LogP contribution >= 0.6 is 11.3 Å². The molecule has 1 heterocycles. The zero-order chi connectivity index (χ0) is 16.8. The normalized spacial score (nSPS) is 10.4. The average Bonchev–Trinajstić information content (AvgIpc) is 3.10. The number of amides is 1. The van der Waals surface area contributed by atoms with E-state index in [1.165, 1.54) is 0 Å². The van der Waals surface area contributed by atoms with Gasteiger partial charge in [-0.1, -0.05) is 36.4 Å². The molecule has 3 N–H and O–H groups in total. The van der Waals surface area contributed by atoms with Gasteiger partial charge < -0.3 is 15.7 Å². The first-order valence-corrected chi connectivity index (χ1v) is 8.37. The van der Waals surface area contributed by atoms with Crippen molar-refractivity contribution in [2.24, 2.45) is 0 Å². The van der Waals surface area contributed by atoms with E-state index in [0.29, 0.717) is 12.2 Å². The number of nitrogens with one attached hydrogen (secondary N) is 2. The average molecular weight is 339 g/mol. The maximum Gasteiger partial charge on any atom is 0.250 e. The molecule has 0 aliphatic heterocycles. The van der Waals surface area contributed by atoms with Gasteiger partial charge in [0.05, 0.1) is 12.2 Å². The largest absolute Gasteiger partial charge is 0.387 e. The molecule has 24 heavy (non-hydrogen) atoms. The Morgan fingerprint density at radius 2 is 1.88 bits per heavy atom. The van der Waals surface area contributed by atoms with Gasteiger partial charge in [0.2, 0.25) is 5.91 Å². The van der Waals surface area contributed by atoms with Gasteiger partial charge in [-0.05, 0) is 18.2 Å². The molecular weight excluding hydrogens is 322 g/mol. The second kappa shape index (κ2) is 7.72. The van der Waals surface area contributed by atoms with Crippen LogP contribution in [0.1, 0.15) is 5.01 Å². The molecule has 122 valence electrons. The summed E-state index contributed by atoms with van der Waals surface area (Å²) >= 11 is 1.61. The highest BCUT2D eigenvalue weighted by molar-refractivity contribution is 7.09. The molecule has 3 aromatic rings. The lowest BCUT2D eigenvalue weighted by molar-refractivity contribution is -0.118.